The minimum atomic E-state index is 0.123. The zero-order valence-electron chi connectivity index (χ0n) is 18.0. The summed E-state index contributed by atoms with van der Waals surface area (Å²) in [4.78, 5) is 14.7. The van der Waals surface area contributed by atoms with Gasteiger partial charge in [-0.2, -0.15) is 0 Å². The third-order valence-corrected chi connectivity index (χ3v) is 6.54. The van der Waals surface area contributed by atoms with Gasteiger partial charge in [-0.25, -0.2) is 0 Å². The number of furan rings is 1. The number of ether oxygens (including phenoxy) is 1. The molecule has 1 amide bonds. The molecule has 1 saturated carbocycles. The molecule has 1 fully saturated rings. The summed E-state index contributed by atoms with van der Waals surface area (Å²) in [7, 11) is 1.92. The predicted molar refractivity (Wildman–Crippen MR) is 121 cm³/mol. The van der Waals surface area contributed by atoms with Crippen LogP contribution in [0.1, 0.15) is 39.0 Å². The molecule has 2 heterocycles. The van der Waals surface area contributed by atoms with Crippen LogP contribution in [-0.2, 0) is 4.79 Å². The second kappa shape index (κ2) is 10.0. The lowest BCUT2D eigenvalue weighted by Crippen LogP contribution is -2.39. The molecule has 0 radical (unpaired) electrons. The predicted octanol–water partition coefficient (Wildman–Crippen LogP) is 4.81. The van der Waals surface area contributed by atoms with Gasteiger partial charge in [-0.3, -0.25) is 9.36 Å². The van der Waals surface area contributed by atoms with Crippen molar-refractivity contribution in [3.05, 3.63) is 42.7 Å². The van der Waals surface area contributed by atoms with Crippen LogP contribution in [0.4, 0.5) is 0 Å². The highest BCUT2D eigenvalue weighted by molar-refractivity contribution is 7.99. The number of benzene rings is 1. The van der Waals surface area contributed by atoms with E-state index in [1.165, 1.54) is 31.0 Å². The normalized spacial score (nSPS) is 14.5. The summed E-state index contributed by atoms with van der Waals surface area (Å²) >= 11 is 1.40. The summed E-state index contributed by atoms with van der Waals surface area (Å²) in [6.07, 6.45) is 7.48. The maximum absolute atomic E-state index is 12.8. The first-order chi connectivity index (χ1) is 15.2. The summed E-state index contributed by atoms with van der Waals surface area (Å²) in [5, 5.41) is 9.37. The SMILES string of the molecule is CCOc1ccc(-n2c(SCC(=O)N(C)C3CCCCC3)nnc2-c2ccco2)cc1. The molecule has 1 aliphatic carbocycles. The summed E-state index contributed by atoms with van der Waals surface area (Å²) in [6, 6.07) is 11.8. The van der Waals surface area contributed by atoms with Crippen LogP contribution in [0.15, 0.2) is 52.2 Å². The number of amides is 1. The van der Waals surface area contributed by atoms with Crippen molar-refractivity contribution in [3.8, 4) is 23.0 Å². The van der Waals surface area contributed by atoms with Gasteiger partial charge in [-0.1, -0.05) is 31.0 Å². The maximum Gasteiger partial charge on any atom is 0.233 e. The quantitative estimate of drug-likeness (QED) is 0.468. The van der Waals surface area contributed by atoms with Crippen molar-refractivity contribution >= 4 is 17.7 Å². The van der Waals surface area contributed by atoms with Crippen molar-refractivity contribution in [1.29, 1.82) is 0 Å². The Labute approximate surface area is 186 Å². The van der Waals surface area contributed by atoms with Crippen molar-refractivity contribution in [2.45, 2.75) is 50.2 Å². The van der Waals surface area contributed by atoms with Crippen molar-refractivity contribution in [3.63, 3.8) is 0 Å². The van der Waals surface area contributed by atoms with E-state index in [1.54, 1.807) is 6.26 Å². The van der Waals surface area contributed by atoms with Crippen molar-refractivity contribution in [2.75, 3.05) is 19.4 Å². The number of rotatable bonds is 8. The molecule has 8 heteroatoms. The van der Waals surface area contributed by atoms with E-state index < -0.39 is 0 Å². The van der Waals surface area contributed by atoms with Crippen LogP contribution in [0.2, 0.25) is 0 Å². The van der Waals surface area contributed by atoms with Gasteiger partial charge >= 0.3 is 0 Å². The van der Waals surface area contributed by atoms with E-state index in [0.29, 0.717) is 35.1 Å². The number of carbonyl (C=O) groups excluding carboxylic acids is 1. The first-order valence-corrected chi connectivity index (χ1v) is 11.8. The summed E-state index contributed by atoms with van der Waals surface area (Å²) < 4.78 is 13.1. The van der Waals surface area contributed by atoms with Crippen LogP contribution >= 0.6 is 11.8 Å². The number of carbonyl (C=O) groups is 1. The van der Waals surface area contributed by atoms with E-state index in [2.05, 4.69) is 10.2 Å². The zero-order valence-corrected chi connectivity index (χ0v) is 18.8. The number of thioether (sulfide) groups is 1. The second-order valence-corrected chi connectivity index (χ2v) is 8.57. The molecular weight excluding hydrogens is 412 g/mol. The largest absolute Gasteiger partial charge is 0.494 e. The molecule has 0 N–H and O–H groups in total. The minimum Gasteiger partial charge on any atom is -0.494 e. The van der Waals surface area contributed by atoms with Gasteiger partial charge in [0.1, 0.15) is 5.75 Å². The molecule has 31 heavy (non-hydrogen) atoms. The summed E-state index contributed by atoms with van der Waals surface area (Å²) in [5.74, 6) is 2.47. The molecule has 0 saturated heterocycles. The molecule has 2 aromatic heterocycles. The fraction of sp³-hybridized carbons (Fsp3) is 0.435. The Kier molecular flexibility index (Phi) is 6.96. The van der Waals surface area contributed by atoms with E-state index in [4.69, 9.17) is 9.15 Å². The second-order valence-electron chi connectivity index (χ2n) is 7.63. The molecule has 1 aromatic carbocycles. The lowest BCUT2D eigenvalue weighted by atomic mass is 9.94. The van der Waals surface area contributed by atoms with Gasteiger partial charge in [0.25, 0.3) is 0 Å². The van der Waals surface area contributed by atoms with Crippen molar-refractivity contribution in [2.24, 2.45) is 0 Å². The number of hydrogen-bond donors (Lipinski definition) is 0. The zero-order chi connectivity index (χ0) is 21.6. The Morgan fingerprint density at radius 1 is 1.19 bits per heavy atom. The van der Waals surface area contributed by atoms with Crippen LogP contribution in [0.25, 0.3) is 17.3 Å². The molecule has 4 rings (SSSR count). The van der Waals surface area contributed by atoms with E-state index in [-0.39, 0.29) is 5.91 Å². The van der Waals surface area contributed by atoms with Gasteiger partial charge in [-0.05, 0) is 56.2 Å². The first kappa shape index (κ1) is 21.5. The third kappa shape index (κ3) is 4.95. The highest BCUT2D eigenvalue weighted by Gasteiger charge is 2.24. The standard InChI is InChI=1S/C23H28N4O3S/c1-3-29-19-13-11-18(12-14-19)27-22(20-10-7-15-30-20)24-25-23(27)31-16-21(28)26(2)17-8-5-4-6-9-17/h7,10-15,17H,3-6,8-9,16H2,1-2H3. The van der Waals surface area contributed by atoms with Crippen molar-refractivity contribution in [1.82, 2.24) is 19.7 Å². The summed E-state index contributed by atoms with van der Waals surface area (Å²) in [5.41, 5.74) is 0.885. The van der Waals surface area contributed by atoms with E-state index in [9.17, 15) is 4.79 Å². The fourth-order valence-electron chi connectivity index (χ4n) is 3.92. The molecule has 0 unspecified atom stereocenters. The number of aromatic nitrogens is 3. The van der Waals surface area contributed by atoms with Gasteiger partial charge in [0.05, 0.1) is 24.3 Å². The first-order valence-electron chi connectivity index (χ1n) is 10.8. The van der Waals surface area contributed by atoms with Gasteiger partial charge in [-0.15, -0.1) is 10.2 Å². The van der Waals surface area contributed by atoms with Gasteiger partial charge in [0, 0.05) is 13.1 Å². The van der Waals surface area contributed by atoms with Crippen LogP contribution < -0.4 is 4.74 Å². The molecule has 164 valence electrons. The Morgan fingerprint density at radius 2 is 1.97 bits per heavy atom. The monoisotopic (exact) mass is 440 g/mol. The Balaban J connectivity index is 1.55. The lowest BCUT2D eigenvalue weighted by molar-refractivity contribution is -0.129. The van der Waals surface area contributed by atoms with Gasteiger partial charge in [0.15, 0.2) is 10.9 Å². The Morgan fingerprint density at radius 3 is 2.65 bits per heavy atom. The summed E-state index contributed by atoms with van der Waals surface area (Å²) in [6.45, 7) is 2.57. The molecule has 3 aromatic rings. The Bertz CT molecular complexity index is 979. The van der Waals surface area contributed by atoms with Gasteiger partial charge < -0.3 is 14.1 Å². The molecular formula is C23H28N4O3S. The van der Waals surface area contributed by atoms with Crippen LogP contribution in [0.5, 0.6) is 5.75 Å². The minimum absolute atomic E-state index is 0.123. The van der Waals surface area contributed by atoms with E-state index in [0.717, 1.165) is 24.3 Å². The molecule has 7 nitrogen and oxygen atoms in total. The number of hydrogen-bond acceptors (Lipinski definition) is 6. The van der Waals surface area contributed by atoms with Crippen LogP contribution in [0, 0.1) is 0 Å². The van der Waals surface area contributed by atoms with E-state index in [1.807, 2.05) is 59.8 Å². The van der Waals surface area contributed by atoms with Crippen molar-refractivity contribution < 1.29 is 13.9 Å². The molecule has 0 aliphatic heterocycles. The van der Waals surface area contributed by atoms with Crippen LogP contribution in [0.3, 0.4) is 0 Å². The van der Waals surface area contributed by atoms with E-state index >= 15 is 0 Å². The van der Waals surface area contributed by atoms with Gasteiger partial charge in [0.2, 0.25) is 11.7 Å². The lowest BCUT2D eigenvalue weighted by Gasteiger charge is -2.31. The average Bonchev–Trinajstić information content (AvgIpc) is 3.48. The fourth-order valence-corrected chi connectivity index (χ4v) is 4.80. The molecule has 0 atom stereocenters. The highest BCUT2D eigenvalue weighted by atomic mass is 32.2. The third-order valence-electron chi connectivity index (χ3n) is 5.62. The molecule has 1 aliphatic rings. The Hall–Kier alpha value is -2.74. The maximum atomic E-state index is 12.8. The van der Waals surface area contributed by atoms with Crippen LogP contribution in [-0.4, -0.2) is 51.0 Å². The highest BCUT2D eigenvalue weighted by Crippen LogP contribution is 2.30. The average molecular weight is 441 g/mol. The molecule has 0 bridgehead atoms. The smallest absolute Gasteiger partial charge is 0.233 e. The topological polar surface area (TPSA) is 73.4 Å². The number of nitrogens with zero attached hydrogens (tertiary/aromatic N) is 4. The molecule has 0 spiro atoms.